The van der Waals surface area contributed by atoms with E-state index in [2.05, 4.69) is 53.9 Å². The first-order valence-electron chi connectivity index (χ1n) is 7.43. The van der Waals surface area contributed by atoms with Gasteiger partial charge in [0.15, 0.2) is 0 Å². The number of aliphatic hydroxyl groups is 1. The number of rotatable bonds is 4. The maximum atomic E-state index is 11.2. The minimum absolute atomic E-state index is 0.261. The Labute approximate surface area is 130 Å². The zero-order valence-corrected chi connectivity index (χ0v) is 14.5. The van der Waals surface area contributed by atoms with Crippen molar-refractivity contribution in [2.24, 2.45) is 11.8 Å². The van der Waals surface area contributed by atoms with Crippen LogP contribution in [0, 0.1) is 11.8 Å². The average Bonchev–Trinajstić information content (AvgIpc) is 2.74. The third-order valence-corrected chi connectivity index (χ3v) is 5.13. The van der Waals surface area contributed by atoms with E-state index in [0.717, 1.165) is 42.5 Å². The summed E-state index contributed by atoms with van der Waals surface area (Å²) in [4.78, 5) is 2.13. The molecule has 3 atom stereocenters. The van der Waals surface area contributed by atoms with Gasteiger partial charge >= 0.3 is 0 Å². The second kappa shape index (κ2) is 6.16. The van der Waals surface area contributed by atoms with Crippen LogP contribution in [0.4, 0.5) is 0 Å². The Bertz CT molecular complexity index is 460. The topological polar surface area (TPSA) is 41.3 Å². The molecule has 1 aliphatic rings. The highest BCUT2D eigenvalue weighted by Crippen LogP contribution is 2.45. The summed E-state index contributed by atoms with van der Waals surface area (Å²) in [6.07, 6.45) is 4.78. The SMILES string of the molecule is CC1CCC(O)(c2c(Br)cnn2CCN(C)C)C(C)C1. The summed E-state index contributed by atoms with van der Waals surface area (Å²) in [5, 5.41) is 15.7. The Morgan fingerprint density at radius 3 is 2.80 bits per heavy atom. The Morgan fingerprint density at radius 2 is 2.20 bits per heavy atom. The molecule has 1 fully saturated rings. The van der Waals surface area contributed by atoms with Crippen LogP contribution < -0.4 is 0 Å². The molecular formula is C15H26BrN3O. The summed E-state index contributed by atoms with van der Waals surface area (Å²) < 4.78 is 2.90. The summed E-state index contributed by atoms with van der Waals surface area (Å²) >= 11 is 3.58. The lowest BCUT2D eigenvalue weighted by Gasteiger charge is -2.41. The molecule has 1 saturated carbocycles. The van der Waals surface area contributed by atoms with Gasteiger partial charge in [-0.25, -0.2) is 0 Å². The van der Waals surface area contributed by atoms with E-state index in [-0.39, 0.29) is 5.92 Å². The number of hydrogen-bond acceptors (Lipinski definition) is 3. The summed E-state index contributed by atoms with van der Waals surface area (Å²) in [6.45, 7) is 6.15. The molecule has 114 valence electrons. The third-order valence-electron chi connectivity index (χ3n) is 4.55. The predicted octanol–water partition coefficient (Wildman–Crippen LogP) is 2.85. The van der Waals surface area contributed by atoms with E-state index in [1.165, 1.54) is 0 Å². The van der Waals surface area contributed by atoms with Gasteiger partial charge in [0.2, 0.25) is 0 Å². The molecule has 20 heavy (non-hydrogen) atoms. The molecule has 1 N–H and O–H groups in total. The molecule has 2 rings (SSSR count). The van der Waals surface area contributed by atoms with Crippen LogP contribution in [0.2, 0.25) is 0 Å². The minimum atomic E-state index is -0.756. The number of likely N-dealkylation sites (N-methyl/N-ethyl adjacent to an activating group) is 1. The van der Waals surface area contributed by atoms with E-state index < -0.39 is 5.60 Å². The van der Waals surface area contributed by atoms with Crippen molar-refractivity contribution in [3.63, 3.8) is 0 Å². The molecule has 5 heteroatoms. The van der Waals surface area contributed by atoms with E-state index in [9.17, 15) is 5.11 Å². The molecule has 3 unspecified atom stereocenters. The van der Waals surface area contributed by atoms with Gasteiger partial charge in [0.25, 0.3) is 0 Å². The van der Waals surface area contributed by atoms with Crippen molar-refractivity contribution >= 4 is 15.9 Å². The second-order valence-corrected chi connectivity index (χ2v) is 7.43. The van der Waals surface area contributed by atoms with E-state index in [4.69, 9.17) is 0 Å². The van der Waals surface area contributed by atoms with Gasteiger partial charge in [-0.3, -0.25) is 4.68 Å². The fourth-order valence-corrected chi connectivity index (χ4v) is 3.88. The van der Waals surface area contributed by atoms with Gasteiger partial charge in [0.1, 0.15) is 5.60 Å². The summed E-state index contributed by atoms with van der Waals surface area (Å²) in [6, 6.07) is 0. The van der Waals surface area contributed by atoms with Crippen molar-refractivity contribution in [2.75, 3.05) is 20.6 Å². The largest absolute Gasteiger partial charge is 0.383 e. The van der Waals surface area contributed by atoms with Crippen LogP contribution >= 0.6 is 15.9 Å². The minimum Gasteiger partial charge on any atom is -0.383 e. The molecule has 0 spiro atoms. The standard InChI is InChI=1S/C15H26BrN3O/c1-11-5-6-15(20,12(2)9-11)14-13(16)10-17-19(14)8-7-18(3)4/h10-12,20H,5-9H2,1-4H3. The highest BCUT2D eigenvalue weighted by Gasteiger charge is 2.43. The van der Waals surface area contributed by atoms with Crippen molar-refractivity contribution in [3.05, 3.63) is 16.4 Å². The van der Waals surface area contributed by atoms with Crippen LogP contribution in [0.1, 0.15) is 38.8 Å². The number of hydrogen-bond donors (Lipinski definition) is 1. The van der Waals surface area contributed by atoms with Crippen LogP contribution in [-0.4, -0.2) is 40.4 Å². The van der Waals surface area contributed by atoms with Crippen molar-refractivity contribution in [1.82, 2.24) is 14.7 Å². The maximum absolute atomic E-state index is 11.2. The van der Waals surface area contributed by atoms with Crippen molar-refractivity contribution in [2.45, 2.75) is 45.3 Å². The number of aromatic nitrogens is 2. The Hall–Kier alpha value is -0.390. The smallest absolute Gasteiger partial charge is 0.110 e. The van der Waals surface area contributed by atoms with Gasteiger partial charge in [-0.1, -0.05) is 13.8 Å². The molecule has 0 aliphatic heterocycles. The Balaban J connectivity index is 2.28. The van der Waals surface area contributed by atoms with Crippen molar-refractivity contribution < 1.29 is 5.11 Å². The van der Waals surface area contributed by atoms with Crippen molar-refractivity contribution in [3.8, 4) is 0 Å². The van der Waals surface area contributed by atoms with Crippen LogP contribution in [0.25, 0.3) is 0 Å². The molecule has 1 aromatic rings. The lowest BCUT2D eigenvalue weighted by Crippen LogP contribution is -2.41. The van der Waals surface area contributed by atoms with Gasteiger partial charge in [-0.05, 0) is 61.1 Å². The van der Waals surface area contributed by atoms with Gasteiger partial charge in [-0.2, -0.15) is 5.10 Å². The first-order chi connectivity index (χ1) is 9.34. The molecule has 1 aromatic heterocycles. The van der Waals surface area contributed by atoms with Crippen LogP contribution in [0.3, 0.4) is 0 Å². The van der Waals surface area contributed by atoms with Crippen LogP contribution in [0.5, 0.6) is 0 Å². The van der Waals surface area contributed by atoms with Gasteiger partial charge in [0.05, 0.1) is 22.9 Å². The average molecular weight is 344 g/mol. The quantitative estimate of drug-likeness (QED) is 0.913. The Kier molecular flexibility index (Phi) is 4.92. The summed E-state index contributed by atoms with van der Waals surface area (Å²) in [5.41, 5.74) is 0.201. The summed E-state index contributed by atoms with van der Waals surface area (Å²) in [5.74, 6) is 0.958. The van der Waals surface area contributed by atoms with Crippen molar-refractivity contribution in [1.29, 1.82) is 0 Å². The fourth-order valence-electron chi connectivity index (χ4n) is 3.24. The number of nitrogens with zero attached hydrogens (tertiary/aromatic N) is 3. The highest BCUT2D eigenvalue weighted by molar-refractivity contribution is 9.10. The van der Waals surface area contributed by atoms with Crippen LogP contribution in [-0.2, 0) is 12.1 Å². The normalized spacial score (nSPS) is 30.9. The van der Waals surface area contributed by atoms with E-state index in [0.29, 0.717) is 5.92 Å². The van der Waals surface area contributed by atoms with Gasteiger partial charge in [0, 0.05) is 6.54 Å². The second-order valence-electron chi connectivity index (χ2n) is 6.57. The van der Waals surface area contributed by atoms with E-state index in [1.807, 2.05) is 10.9 Å². The van der Waals surface area contributed by atoms with Gasteiger partial charge < -0.3 is 10.0 Å². The molecule has 1 aliphatic carbocycles. The molecule has 0 radical (unpaired) electrons. The zero-order valence-electron chi connectivity index (χ0n) is 12.9. The lowest BCUT2D eigenvalue weighted by atomic mass is 9.70. The number of halogens is 1. The molecule has 0 saturated heterocycles. The van der Waals surface area contributed by atoms with Crippen LogP contribution in [0.15, 0.2) is 10.7 Å². The fraction of sp³-hybridized carbons (Fsp3) is 0.800. The maximum Gasteiger partial charge on any atom is 0.110 e. The molecule has 1 heterocycles. The monoisotopic (exact) mass is 343 g/mol. The van der Waals surface area contributed by atoms with E-state index in [1.54, 1.807) is 0 Å². The summed E-state index contributed by atoms with van der Waals surface area (Å²) in [7, 11) is 4.11. The molecule has 0 amide bonds. The zero-order chi connectivity index (χ0) is 14.9. The highest BCUT2D eigenvalue weighted by atomic mass is 79.9. The predicted molar refractivity (Wildman–Crippen MR) is 84.6 cm³/mol. The first kappa shape index (κ1) is 16.0. The Morgan fingerprint density at radius 1 is 1.50 bits per heavy atom. The molecule has 4 nitrogen and oxygen atoms in total. The van der Waals surface area contributed by atoms with E-state index >= 15 is 0 Å². The lowest BCUT2D eigenvalue weighted by molar-refractivity contribution is -0.0661. The third kappa shape index (κ3) is 3.10. The molecular weight excluding hydrogens is 318 g/mol. The van der Waals surface area contributed by atoms with Gasteiger partial charge in [-0.15, -0.1) is 0 Å². The first-order valence-corrected chi connectivity index (χ1v) is 8.22. The molecule has 0 aromatic carbocycles. The molecule has 0 bridgehead atoms.